The van der Waals surface area contributed by atoms with Crippen LogP contribution in [0.4, 0.5) is 0 Å². The van der Waals surface area contributed by atoms with Gasteiger partial charge in [0.05, 0.1) is 20.6 Å². The Morgan fingerprint density at radius 2 is 1.80 bits per heavy atom. The topological polar surface area (TPSA) is 76.1 Å². The van der Waals surface area contributed by atoms with E-state index in [1.54, 1.807) is 43.5 Å². The molecule has 0 saturated heterocycles. The van der Waals surface area contributed by atoms with Gasteiger partial charge < -0.3 is 19.5 Å². The number of carbonyl (C=O) groups excluding carboxylic acids is 2. The summed E-state index contributed by atoms with van der Waals surface area (Å²) in [6, 6.07) is 13.9. The van der Waals surface area contributed by atoms with E-state index in [2.05, 4.69) is 0 Å². The first-order chi connectivity index (χ1) is 12.0. The van der Waals surface area contributed by atoms with E-state index in [4.69, 9.17) is 9.47 Å². The van der Waals surface area contributed by atoms with Crippen molar-refractivity contribution in [2.75, 3.05) is 14.2 Å². The lowest BCUT2D eigenvalue weighted by atomic mass is 9.98. The Balaban J connectivity index is 1.97. The summed E-state index contributed by atoms with van der Waals surface area (Å²) in [7, 11) is 2.83. The van der Waals surface area contributed by atoms with Crippen LogP contribution in [0.1, 0.15) is 27.9 Å². The smallest absolute Gasteiger partial charge is 0.310 e. The van der Waals surface area contributed by atoms with E-state index in [1.165, 1.54) is 12.0 Å². The molecular weight excluding hydrogens is 322 g/mol. The molecular formula is C19H19NO5. The van der Waals surface area contributed by atoms with Crippen LogP contribution in [0.15, 0.2) is 48.5 Å². The summed E-state index contributed by atoms with van der Waals surface area (Å²) in [6.45, 7) is 0.158. The third-order valence-electron chi connectivity index (χ3n) is 4.40. The molecule has 1 aliphatic rings. The maximum atomic E-state index is 12.8. The maximum Gasteiger partial charge on any atom is 0.310 e. The fraction of sp³-hybridized carbons (Fsp3) is 0.263. The Labute approximate surface area is 145 Å². The van der Waals surface area contributed by atoms with Crippen LogP contribution in [0.25, 0.3) is 0 Å². The van der Waals surface area contributed by atoms with E-state index in [-0.39, 0.29) is 18.9 Å². The highest BCUT2D eigenvalue weighted by molar-refractivity contribution is 6.00. The van der Waals surface area contributed by atoms with Crippen LogP contribution in [0.2, 0.25) is 0 Å². The maximum absolute atomic E-state index is 12.8. The van der Waals surface area contributed by atoms with Gasteiger partial charge in [0.1, 0.15) is 5.75 Å². The molecule has 3 rings (SSSR count). The van der Waals surface area contributed by atoms with Crippen molar-refractivity contribution in [3.8, 4) is 5.75 Å². The van der Waals surface area contributed by atoms with Crippen molar-refractivity contribution in [2.24, 2.45) is 0 Å². The summed E-state index contributed by atoms with van der Waals surface area (Å²) in [6.07, 6.45) is -0.331. The van der Waals surface area contributed by atoms with Crippen molar-refractivity contribution >= 4 is 11.9 Å². The van der Waals surface area contributed by atoms with Crippen molar-refractivity contribution in [2.45, 2.75) is 18.7 Å². The van der Waals surface area contributed by atoms with E-state index >= 15 is 0 Å². The second-order valence-corrected chi connectivity index (χ2v) is 5.85. The number of benzene rings is 2. The minimum atomic E-state index is -1.74. The lowest BCUT2D eigenvalue weighted by Crippen LogP contribution is -2.45. The van der Waals surface area contributed by atoms with Gasteiger partial charge in [-0.1, -0.05) is 30.3 Å². The van der Waals surface area contributed by atoms with Crippen molar-refractivity contribution in [3.63, 3.8) is 0 Å². The quantitative estimate of drug-likeness (QED) is 0.843. The number of hydrogen-bond donors (Lipinski definition) is 1. The van der Waals surface area contributed by atoms with Gasteiger partial charge in [-0.3, -0.25) is 9.59 Å². The largest absolute Gasteiger partial charge is 0.497 e. The van der Waals surface area contributed by atoms with Crippen LogP contribution >= 0.6 is 0 Å². The fourth-order valence-corrected chi connectivity index (χ4v) is 3.06. The van der Waals surface area contributed by atoms with Gasteiger partial charge in [0.2, 0.25) is 0 Å². The third kappa shape index (κ3) is 2.96. The second-order valence-electron chi connectivity index (χ2n) is 5.85. The summed E-state index contributed by atoms with van der Waals surface area (Å²) in [5, 5.41) is 11.2. The zero-order valence-electron chi connectivity index (χ0n) is 14.1. The molecule has 0 fully saturated rings. The van der Waals surface area contributed by atoms with Crippen molar-refractivity contribution in [1.82, 2.24) is 4.90 Å². The Hall–Kier alpha value is -2.86. The number of rotatable bonds is 5. The molecule has 0 bridgehead atoms. The predicted octanol–water partition coefficient (Wildman–Crippen LogP) is 2.06. The van der Waals surface area contributed by atoms with Gasteiger partial charge >= 0.3 is 5.97 Å². The number of hydrogen-bond acceptors (Lipinski definition) is 5. The second kappa shape index (κ2) is 6.57. The Kier molecular flexibility index (Phi) is 4.46. The highest BCUT2D eigenvalue weighted by Gasteiger charge is 2.49. The molecule has 0 unspecified atom stereocenters. The lowest BCUT2D eigenvalue weighted by molar-refractivity contribution is -0.156. The Morgan fingerprint density at radius 3 is 2.44 bits per heavy atom. The van der Waals surface area contributed by atoms with Crippen LogP contribution in [0, 0.1) is 0 Å². The van der Waals surface area contributed by atoms with E-state index in [0.717, 1.165) is 5.56 Å². The summed E-state index contributed by atoms with van der Waals surface area (Å²) >= 11 is 0. The van der Waals surface area contributed by atoms with E-state index in [0.29, 0.717) is 16.9 Å². The van der Waals surface area contributed by atoms with E-state index in [1.807, 2.05) is 12.1 Å². The minimum Gasteiger partial charge on any atom is -0.497 e. The van der Waals surface area contributed by atoms with E-state index < -0.39 is 11.7 Å². The first-order valence-corrected chi connectivity index (χ1v) is 7.83. The Morgan fingerprint density at radius 1 is 1.12 bits per heavy atom. The number of amides is 1. The molecule has 6 heteroatoms. The van der Waals surface area contributed by atoms with Gasteiger partial charge in [0.15, 0.2) is 5.72 Å². The number of ether oxygens (including phenoxy) is 2. The van der Waals surface area contributed by atoms with Crippen molar-refractivity contribution in [1.29, 1.82) is 0 Å². The molecule has 25 heavy (non-hydrogen) atoms. The molecule has 0 spiro atoms. The molecule has 0 radical (unpaired) electrons. The SMILES string of the molecule is COC(=O)C[C@]1(O)c2ccccc2C(=O)N1Cc1ccc(OC)cc1. The van der Waals surface area contributed by atoms with Gasteiger partial charge in [-0.25, -0.2) is 0 Å². The normalized spacial score (nSPS) is 18.8. The molecule has 130 valence electrons. The number of esters is 1. The van der Waals surface area contributed by atoms with Crippen LogP contribution in [0.5, 0.6) is 5.75 Å². The lowest BCUT2D eigenvalue weighted by Gasteiger charge is -2.33. The Bertz CT molecular complexity index is 802. The molecule has 2 aromatic carbocycles. The highest BCUT2D eigenvalue weighted by atomic mass is 16.5. The number of carbonyl (C=O) groups is 2. The number of methoxy groups -OCH3 is 2. The molecule has 1 aliphatic heterocycles. The number of aliphatic hydroxyl groups is 1. The fourth-order valence-electron chi connectivity index (χ4n) is 3.06. The molecule has 2 aromatic rings. The molecule has 1 heterocycles. The monoisotopic (exact) mass is 341 g/mol. The first-order valence-electron chi connectivity index (χ1n) is 7.83. The standard InChI is InChI=1S/C19H19NO5/c1-24-14-9-7-13(8-10-14)12-20-18(22)15-5-3-4-6-16(15)19(20,23)11-17(21)25-2/h3-10,23H,11-12H2,1-2H3/t19-/m0/s1. The van der Waals surface area contributed by atoms with E-state index in [9.17, 15) is 14.7 Å². The molecule has 1 N–H and O–H groups in total. The summed E-state index contributed by atoms with van der Waals surface area (Å²) in [4.78, 5) is 25.9. The number of fused-ring (bicyclic) bond motifs is 1. The minimum absolute atomic E-state index is 0.158. The molecule has 6 nitrogen and oxygen atoms in total. The molecule has 1 atom stereocenters. The van der Waals surface area contributed by atoms with Crippen LogP contribution in [-0.4, -0.2) is 36.1 Å². The molecule has 1 amide bonds. The summed E-state index contributed by atoms with van der Waals surface area (Å²) < 4.78 is 9.83. The van der Waals surface area contributed by atoms with Gasteiger partial charge in [-0.05, 0) is 23.8 Å². The first kappa shape index (κ1) is 17.0. The van der Waals surface area contributed by atoms with Gasteiger partial charge in [-0.2, -0.15) is 0 Å². The molecule has 0 saturated carbocycles. The zero-order chi connectivity index (χ0) is 18.0. The van der Waals surface area contributed by atoms with Gasteiger partial charge in [0.25, 0.3) is 5.91 Å². The zero-order valence-corrected chi connectivity index (χ0v) is 14.1. The molecule has 0 aliphatic carbocycles. The van der Waals surface area contributed by atoms with Gasteiger partial charge in [0, 0.05) is 17.7 Å². The predicted molar refractivity (Wildman–Crippen MR) is 89.8 cm³/mol. The van der Waals surface area contributed by atoms with Crippen molar-refractivity contribution in [3.05, 3.63) is 65.2 Å². The summed E-state index contributed by atoms with van der Waals surface area (Å²) in [5.74, 6) is -0.214. The van der Waals surface area contributed by atoms with Crippen molar-refractivity contribution < 1.29 is 24.2 Å². The van der Waals surface area contributed by atoms with Crippen LogP contribution in [-0.2, 0) is 21.8 Å². The van der Waals surface area contributed by atoms with Crippen LogP contribution in [0.3, 0.4) is 0 Å². The third-order valence-corrected chi connectivity index (χ3v) is 4.40. The average Bonchev–Trinajstić information content (AvgIpc) is 2.84. The average molecular weight is 341 g/mol. The summed E-state index contributed by atoms with van der Waals surface area (Å²) in [5.41, 5.74) is -0.118. The number of nitrogens with zero attached hydrogens (tertiary/aromatic N) is 1. The highest BCUT2D eigenvalue weighted by Crippen LogP contribution is 2.40. The van der Waals surface area contributed by atoms with Gasteiger partial charge in [-0.15, -0.1) is 0 Å². The van der Waals surface area contributed by atoms with Crippen LogP contribution < -0.4 is 4.74 Å². The molecule has 0 aromatic heterocycles.